The standard InChI is InChI=1S/C25H21N3O6S/c1-16(26-24-19-12-6-8-14-21(19)35(32,33)28-24)25(31)34-15-22(29)27-20-13-7-5-11-18(20)23(30)17-9-3-2-4-10-17/h2-14,16H,15H2,1H3,(H,26,28)(H,27,29). The predicted octanol–water partition coefficient (Wildman–Crippen LogP) is 2.53. The fourth-order valence-electron chi connectivity index (χ4n) is 3.45. The minimum absolute atomic E-state index is 0.0304. The normalized spacial score (nSPS) is 15.5. The molecule has 1 aliphatic rings. The number of carbonyl (C=O) groups excluding carboxylic acids is 3. The van der Waals surface area contributed by atoms with E-state index in [9.17, 15) is 22.8 Å². The Morgan fingerprint density at radius 1 is 0.943 bits per heavy atom. The lowest BCUT2D eigenvalue weighted by atomic mass is 10.0. The summed E-state index contributed by atoms with van der Waals surface area (Å²) in [4.78, 5) is 41.8. The van der Waals surface area contributed by atoms with Crippen molar-refractivity contribution >= 4 is 39.2 Å². The van der Waals surface area contributed by atoms with Gasteiger partial charge in [-0.2, -0.15) is 0 Å². The van der Waals surface area contributed by atoms with Crippen LogP contribution in [0.5, 0.6) is 0 Å². The minimum Gasteiger partial charge on any atom is -0.454 e. The Kier molecular flexibility index (Phi) is 6.74. The van der Waals surface area contributed by atoms with Crippen molar-refractivity contribution in [1.29, 1.82) is 0 Å². The number of amidine groups is 1. The van der Waals surface area contributed by atoms with E-state index in [0.29, 0.717) is 16.7 Å². The number of ether oxygens (including phenoxy) is 1. The van der Waals surface area contributed by atoms with Crippen molar-refractivity contribution in [2.45, 2.75) is 17.9 Å². The van der Waals surface area contributed by atoms with Crippen LogP contribution < -0.4 is 10.0 Å². The highest BCUT2D eigenvalue weighted by Crippen LogP contribution is 2.23. The number of para-hydroxylation sites is 1. The molecule has 9 nitrogen and oxygen atoms in total. The fraction of sp³-hybridized carbons (Fsp3) is 0.120. The summed E-state index contributed by atoms with van der Waals surface area (Å²) in [5.41, 5.74) is 1.40. The average molecular weight is 492 g/mol. The van der Waals surface area contributed by atoms with Crippen LogP contribution in [0.2, 0.25) is 0 Å². The Morgan fingerprint density at radius 2 is 1.60 bits per heavy atom. The van der Waals surface area contributed by atoms with Crippen LogP contribution in [0.25, 0.3) is 0 Å². The fourth-order valence-corrected chi connectivity index (χ4v) is 4.69. The number of esters is 1. The highest BCUT2D eigenvalue weighted by atomic mass is 32.2. The van der Waals surface area contributed by atoms with Crippen LogP contribution in [0, 0.1) is 0 Å². The van der Waals surface area contributed by atoms with Gasteiger partial charge in [0.1, 0.15) is 11.9 Å². The maximum Gasteiger partial charge on any atom is 0.331 e. The van der Waals surface area contributed by atoms with Crippen LogP contribution in [0.15, 0.2) is 88.8 Å². The summed E-state index contributed by atoms with van der Waals surface area (Å²) in [7, 11) is -3.74. The molecule has 0 aliphatic carbocycles. The zero-order valence-corrected chi connectivity index (χ0v) is 19.4. The number of aliphatic imine (C=N–C) groups is 1. The van der Waals surface area contributed by atoms with E-state index in [1.807, 2.05) is 0 Å². The number of fused-ring (bicyclic) bond motifs is 1. The first kappa shape index (κ1) is 23.8. The molecule has 3 aromatic rings. The molecule has 35 heavy (non-hydrogen) atoms. The van der Waals surface area contributed by atoms with Crippen molar-refractivity contribution in [1.82, 2.24) is 4.72 Å². The van der Waals surface area contributed by atoms with Gasteiger partial charge in [0, 0.05) is 16.7 Å². The molecule has 1 heterocycles. The Morgan fingerprint density at radius 3 is 2.37 bits per heavy atom. The van der Waals surface area contributed by atoms with E-state index in [1.165, 1.54) is 13.0 Å². The van der Waals surface area contributed by atoms with Crippen molar-refractivity contribution in [3.8, 4) is 0 Å². The second-order valence-electron chi connectivity index (χ2n) is 7.65. The van der Waals surface area contributed by atoms with Gasteiger partial charge in [0.15, 0.2) is 12.4 Å². The van der Waals surface area contributed by atoms with E-state index in [1.54, 1.807) is 72.8 Å². The monoisotopic (exact) mass is 491 g/mol. The number of rotatable bonds is 7. The van der Waals surface area contributed by atoms with Crippen molar-refractivity contribution in [3.05, 3.63) is 95.6 Å². The number of hydrogen-bond acceptors (Lipinski definition) is 7. The molecule has 2 N–H and O–H groups in total. The molecule has 1 unspecified atom stereocenters. The van der Waals surface area contributed by atoms with E-state index in [-0.39, 0.29) is 22.2 Å². The van der Waals surface area contributed by atoms with Gasteiger partial charge >= 0.3 is 5.97 Å². The maximum atomic E-state index is 12.8. The van der Waals surface area contributed by atoms with Gasteiger partial charge in [0.25, 0.3) is 15.9 Å². The molecule has 1 aliphatic heterocycles. The van der Waals surface area contributed by atoms with Crippen molar-refractivity contribution < 1.29 is 27.5 Å². The van der Waals surface area contributed by atoms with Crippen molar-refractivity contribution in [2.75, 3.05) is 11.9 Å². The highest BCUT2D eigenvalue weighted by Gasteiger charge is 2.31. The van der Waals surface area contributed by atoms with Crippen molar-refractivity contribution in [2.24, 2.45) is 4.99 Å². The summed E-state index contributed by atoms with van der Waals surface area (Å²) in [6.07, 6.45) is 0. The zero-order chi connectivity index (χ0) is 25.0. The minimum atomic E-state index is -3.74. The van der Waals surface area contributed by atoms with Gasteiger partial charge in [-0.25, -0.2) is 13.2 Å². The smallest absolute Gasteiger partial charge is 0.331 e. The molecule has 0 saturated heterocycles. The summed E-state index contributed by atoms with van der Waals surface area (Å²) in [5.74, 6) is -1.69. The number of sulfonamides is 1. The molecule has 4 rings (SSSR count). The molecule has 0 radical (unpaired) electrons. The number of carbonyl (C=O) groups is 3. The molecule has 0 saturated carbocycles. The van der Waals surface area contributed by atoms with Gasteiger partial charge in [0.05, 0.1) is 10.6 Å². The SMILES string of the molecule is CC(N=C1NS(=O)(=O)c2ccccc21)C(=O)OCC(=O)Nc1ccccc1C(=O)c1ccccc1. The second-order valence-corrected chi connectivity index (χ2v) is 9.30. The first-order valence-corrected chi connectivity index (χ1v) is 12.1. The van der Waals surface area contributed by atoms with Gasteiger partial charge in [-0.15, -0.1) is 0 Å². The van der Waals surface area contributed by atoms with Gasteiger partial charge in [-0.1, -0.05) is 54.6 Å². The van der Waals surface area contributed by atoms with Crippen LogP contribution in [-0.2, 0) is 24.3 Å². The Hall–Kier alpha value is -4.31. The molecular weight excluding hydrogens is 470 g/mol. The van der Waals surface area contributed by atoms with Gasteiger partial charge in [0.2, 0.25) is 0 Å². The number of hydrogen-bond donors (Lipinski definition) is 2. The molecule has 178 valence electrons. The van der Waals surface area contributed by atoms with Crippen LogP contribution in [0.3, 0.4) is 0 Å². The summed E-state index contributed by atoms with van der Waals surface area (Å²) in [5, 5.41) is 2.59. The number of amides is 1. The Balaban J connectivity index is 1.39. The van der Waals surface area contributed by atoms with E-state index < -0.39 is 34.5 Å². The molecule has 0 spiro atoms. The second kappa shape index (κ2) is 9.90. The Labute approximate surface area is 201 Å². The summed E-state index contributed by atoms with van der Waals surface area (Å²) in [6.45, 7) is 0.820. The van der Waals surface area contributed by atoms with Crippen LogP contribution in [0.4, 0.5) is 5.69 Å². The zero-order valence-electron chi connectivity index (χ0n) is 18.6. The summed E-state index contributed by atoms with van der Waals surface area (Å²) >= 11 is 0. The number of nitrogens with zero attached hydrogens (tertiary/aromatic N) is 1. The Bertz CT molecular complexity index is 1430. The topological polar surface area (TPSA) is 131 Å². The van der Waals surface area contributed by atoms with Gasteiger partial charge in [-0.05, 0) is 31.2 Å². The lowest BCUT2D eigenvalue weighted by Gasteiger charge is -2.12. The largest absolute Gasteiger partial charge is 0.454 e. The lowest BCUT2D eigenvalue weighted by Crippen LogP contribution is -2.29. The van der Waals surface area contributed by atoms with E-state index in [2.05, 4.69) is 15.0 Å². The van der Waals surface area contributed by atoms with E-state index >= 15 is 0 Å². The molecule has 3 aromatic carbocycles. The van der Waals surface area contributed by atoms with E-state index in [4.69, 9.17) is 4.74 Å². The van der Waals surface area contributed by atoms with Crippen molar-refractivity contribution in [3.63, 3.8) is 0 Å². The predicted molar refractivity (Wildman–Crippen MR) is 129 cm³/mol. The molecule has 10 heteroatoms. The number of anilines is 1. The number of benzene rings is 3. The molecule has 1 amide bonds. The van der Waals surface area contributed by atoms with Gasteiger partial charge in [-0.3, -0.25) is 19.3 Å². The molecule has 0 fully saturated rings. The summed E-state index contributed by atoms with van der Waals surface area (Å²) < 4.78 is 31.7. The molecule has 0 bridgehead atoms. The quantitative estimate of drug-likeness (QED) is 0.386. The molecular formula is C25H21N3O6S. The highest BCUT2D eigenvalue weighted by molar-refractivity contribution is 7.90. The lowest BCUT2D eigenvalue weighted by molar-refractivity contribution is -0.148. The number of ketones is 1. The average Bonchev–Trinajstić information content (AvgIpc) is 3.12. The first-order valence-electron chi connectivity index (χ1n) is 10.6. The maximum absolute atomic E-state index is 12.8. The van der Waals surface area contributed by atoms with Crippen LogP contribution in [0.1, 0.15) is 28.4 Å². The van der Waals surface area contributed by atoms with Gasteiger partial charge < -0.3 is 10.1 Å². The summed E-state index contributed by atoms with van der Waals surface area (Å²) in [6, 6.07) is 20.3. The van der Waals surface area contributed by atoms with Crippen LogP contribution in [-0.4, -0.2) is 44.6 Å². The van der Waals surface area contributed by atoms with Crippen LogP contribution >= 0.6 is 0 Å². The third-order valence-corrected chi connectivity index (χ3v) is 6.55. The first-order chi connectivity index (χ1) is 16.8. The molecule has 0 aromatic heterocycles. The van der Waals surface area contributed by atoms with E-state index in [0.717, 1.165) is 0 Å². The number of nitrogens with one attached hydrogen (secondary N) is 2. The third kappa shape index (κ3) is 5.28. The molecule has 1 atom stereocenters. The third-order valence-electron chi connectivity index (χ3n) is 5.15.